The standard InChI is InChI=1S/C14H20FN/c1-9-5-6-12(15)13-11(9)7-10(8-16-13)14(2,3)4/h5-6,10,16H,7-8H2,1-4H3. The monoisotopic (exact) mass is 221 g/mol. The predicted molar refractivity (Wildman–Crippen MR) is 66.3 cm³/mol. The van der Waals surface area contributed by atoms with E-state index in [1.54, 1.807) is 6.07 Å². The zero-order valence-electron chi connectivity index (χ0n) is 10.5. The van der Waals surface area contributed by atoms with Gasteiger partial charge in [0, 0.05) is 6.54 Å². The third kappa shape index (κ3) is 1.93. The lowest BCUT2D eigenvalue weighted by Gasteiger charge is -2.36. The van der Waals surface area contributed by atoms with E-state index in [9.17, 15) is 4.39 Å². The van der Waals surface area contributed by atoms with Crippen molar-refractivity contribution in [3.8, 4) is 0 Å². The van der Waals surface area contributed by atoms with Crippen LogP contribution in [0.3, 0.4) is 0 Å². The molecule has 0 radical (unpaired) electrons. The van der Waals surface area contributed by atoms with Gasteiger partial charge in [-0.2, -0.15) is 0 Å². The fourth-order valence-electron chi connectivity index (χ4n) is 2.33. The Morgan fingerprint density at radius 1 is 1.31 bits per heavy atom. The molecule has 0 aromatic heterocycles. The third-order valence-electron chi connectivity index (χ3n) is 3.70. The normalized spacial score (nSPS) is 20.2. The lowest BCUT2D eigenvalue weighted by molar-refractivity contribution is 0.246. The number of fused-ring (bicyclic) bond motifs is 1. The van der Waals surface area contributed by atoms with Crippen molar-refractivity contribution in [1.82, 2.24) is 0 Å². The summed E-state index contributed by atoms with van der Waals surface area (Å²) in [6.45, 7) is 9.68. The summed E-state index contributed by atoms with van der Waals surface area (Å²) < 4.78 is 13.6. The summed E-state index contributed by atoms with van der Waals surface area (Å²) in [6, 6.07) is 3.43. The van der Waals surface area contributed by atoms with E-state index >= 15 is 0 Å². The fraction of sp³-hybridized carbons (Fsp3) is 0.571. The Kier molecular flexibility index (Phi) is 2.69. The summed E-state index contributed by atoms with van der Waals surface area (Å²) in [7, 11) is 0. The molecule has 88 valence electrons. The molecule has 0 aliphatic carbocycles. The first-order valence-corrected chi connectivity index (χ1v) is 5.91. The van der Waals surface area contributed by atoms with Gasteiger partial charge in [-0.25, -0.2) is 4.39 Å². The van der Waals surface area contributed by atoms with E-state index in [1.807, 2.05) is 6.07 Å². The maximum Gasteiger partial charge on any atom is 0.146 e. The summed E-state index contributed by atoms with van der Waals surface area (Å²) in [5.74, 6) is 0.452. The van der Waals surface area contributed by atoms with Crippen molar-refractivity contribution in [2.24, 2.45) is 11.3 Å². The highest BCUT2D eigenvalue weighted by molar-refractivity contribution is 5.57. The van der Waals surface area contributed by atoms with Gasteiger partial charge in [0.05, 0.1) is 5.69 Å². The molecule has 1 heterocycles. The van der Waals surface area contributed by atoms with Crippen molar-refractivity contribution in [3.63, 3.8) is 0 Å². The maximum atomic E-state index is 13.6. The van der Waals surface area contributed by atoms with Gasteiger partial charge in [-0.1, -0.05) is 26.8 Å². The fourth-order valence-corrected chi connectivity index (χ4v) is 2.33. The third-order valence-corrected chi connectivity index (χ3v) is 3.70. The van der Waals surface area contributed by atoms with Crippen LogP contribution in [-0.2, 0) is 6.42 Å². The zero-order chi connectivity index (χ0) is 11.9. The first-order valence-electron chi connectivity index (χ1n) is 5.91. The van der Waals surface area contributed by atoms with Gasteiger partial charge in [0.25, 0.3) is 0 Å². The smallest absolute Gasteiger partial charge is 0.146 e. The molecule has 1 nitrogen and oxygen atoms in total. The van der Waals surface area contributed by atoms with Gasteiger partial charge in [-0.15, -0.1) is 0 Å². The van der Waals surface area contributed by atoms with Crippen molar-refractivity contribution >= 4 is 5.69 Å². The molecule has 0 spiro atoms. The summed E-state index contributed by atoms with van der Waals surface area (Å²) in [6.07, 6.45) is 0.982. The largest absolute Gasteiger partial charge is 0.382 e. The number of halogens is 1. The van der Waals surface area contributed by atoms with E-state index in [1.165, 1.54) is 5.56 Å². The number of anilines is 1. The highest BCUT2D eigenvalue weighted by atomic mass is 19.1. The zero-order valence-corrected chi connectivity index (χ0v) is 10.5. The molecule has 16 heavy (non-hydrogen) atoms. The molecule has 0 bridgehead atoms. The second-order valence-corrected chi connectivity index (χ2v) is 5.87. The maximum absolute atomic E-state index is 13.6. The molecule has 0 saturated carbocycles. The lowest BCUT2D eigenvalue weighted by atomic mass is 9.75. The Balaban J connectivity index is 2.37. The Morgan fingerprint density at radius 3 is 2.62 bits per heavy atom. The van der Waals surface area contributed by atoms with Crippen LogP contribution in [0, 0.1) is 24.1 Å². The summed E-state index contributed by atoms with van der Waals surface area (Å²) in [5, 5.41) is 3.25. The van der Waals surface area contributed by atoms with Gasteiger partial charge >= 0.3 is 0 Å². The van der Waals surface area contributed by atoms with E-state index < -0.39 is 0 Å². The van der Waals surface area contributed by atoms with Crippen LogP contribution < -0.4 is 5.32 Å². The second kappa shape index (κ2) is 3.76. The average molecular weight is 221 g/mol. The van der Waals surface area contributed by atoms with Crippen LogP contribution in [0.25, 0.3) is 0 Å². The van der Waals surface area contributed by atoms with Gasteiger partial charge in [0.1, 0.15) is 5.82 Å². The molecule has 1 unspecified atom stereocenters. The molecular weight excluding hydrogens is 201 g/mol. The van der Waals surface area contributed by atoms with Crippen LogP contribution in [0.15, 0.2) is 12.1 Å². The quantitative estimate of drug-likeness (QED) is 0.703. The van der Waals surface area contributed by atoms with Crippen LogP contribution >= 0.6 is 0 Å². The summed E-state index contributed by atoms with van der Waals surface area (Å²) in [4.78, 5) is 0. The van der Waals surface area contributed by atoms with E-state index in [4.69, 9.17) is 0 Å². The summed E-state index contributed by atoms with van der Waals surface area (Å²) in [5.41, 5.74) is 3.34. The van der Waals surface area contributed by atoms with Crippen LogP contribution in [0.2, 0.25) is 0 Å². The molecule has 1 aromatic carbocycles. The van der Waals surface area contributed by atoms with Gasteiger partial charge < -0.3 is 5.32 Å². The second-order valence-electron chi connectivity index (χ2n) is 5.87. The van der Waals surface area contributed by atoms with Gasteiger partial charge in [0.15, 0.2) is 0 Å². The van der Waals surface area contributed by atoms with Crippen molar-refractivity contribution < 1.29 is 4.39 Å². The minimum Gasteiger partial charge on any atom is -0.382 e. The van der Waals surface area contributed by atoms with E-state index in [0.29, 0.717) is 5.92 Å². The van der Waals surface area contributed by atoms with E-state index in [0.717, 1.165) is 24.2 Å². The number of aryl methyl sites for hydroxylation is 1. The van der Waals surface area contributed by atoms with Gasteiger partial charge in [0.2, 0.25) is 0 Å². The van der Waals surface area contributed by atoms with E-state index in [2.05, 4.69) is 33.0 Å². The number of hydrogen-bond donors (Lipinski definition) is 1. The minimum absolute atomic E-state index is 0.118. The molecule has 0 fully saturated rings. The molecule has 1 aliphatic rings. The van der Waals surface area contributed by atoms with Crippen LogP contribution in [0.4, 0.5) is 10.1 Å². The van der Waals surface area contributed by atoms with Crippen LogP contribution in [0.1, 0.15) is 31.9 Å². The minimum atomic E-state index is -0.118. The highest BCUT2D eigenvalue weighted by Crippen LogP contribution is 2.37. The van der Waals surface area contributed by atoms with E-state index in [-0.39, 0.29) is 11.2 Å². The predicted octanol–water partition coefficient (Wildman–Crippen LogP) is 3.76. The van der Waals surface area contributed by atoms with Crippen molar-refractivity contribution in [3.05, 3.63) is 29.1 Å². The highest BCUT2D eigenvalue weighted by Gasteiger charge is 2.30. The molecule has 1 aromatic rings. The lowest BCUT2D eigenvalue weighted by Crippen LogP contribution is -2.33. The molecule has 2 rings (SSSR count). The molecule has 0 amide bonds. The Bertz CT molecular complexity index is 404. The topological polar surface area (TPSA) is 12.0 Å². The molecule has 1 atom stereocenters. The van der Waals surface area contributed by atoms with Crippen molar-refractivity contribution in [1.29, 1.82) is 0 Å². The molecule has 1 N–H and O–H groups in total. The number of hydrogen-bond acceptors (Lipinski definition) is 1. The van der Waals surface area contributed by atoms with Crippen LogP contribution in [-0.4, -0.2) is 6.54 Å². The first-order chi connectivity index (χ1) is 7.39. The Labute approximate surface area is 97.1 Å². The average Bonchev–Trinajstić information content (AvgIpc) is 2.22. The molecular formula is C14H20FN. The number of benzene rings is 1. The number of rotatable bonds is 0. The number of nitrogens with one attached hydrogen (secondary N) is 1. The van der Waals surface area contributed by atoms with Crippen molar-refractivity contribution in [2.75, 3.05) is 11.9 Å². The van der Waals surface area contributed by atoms with Gasteiger partial charge in [-0.3, -0.25) is 0 Å². The summed E-state index contributed by atoms with van der Waals surface area (Å²) >= 11 is 0. The Morgan fingerprint density at radius 2 is 2.00 bits per heavy atom. The Hall–Kier alpha value is -1.05. The molecule has 1 aliphatic heterocycles. The molecule has 0 saturated heterocycles. The van der Waals surface area contributed by atoms with Crippen LogP contribution in [0.5, 0.6) is 0 Å². The van der Waals surface area contributed by atoms with Crippen molar-refractivity contribution in [2.45, 2.75) is 34.1 Å². The molecule has 2 heteroatoms. The SMILES string of the molecule is Cc1ccc(F)c2c1CC(C(C)(C)C)CN2. The van der Waals surface area contributed by atoms with Gasteiger partial charge in [-0.05, 0) is 41.9 Å². The first kappa shape index (κ1) is 11.4.